The Bertz CT molecular complexity index is 930. The number of pyridine rings is 1. The van der Waals surface area contributed by atoms with Crippen LogP contribution in [0.25, 0.3) is 0 Å². The molecule has 1 aromatic carbocycles. The Balaban J connectivity index is 1.70. The van der Waals surface area contributed by atoms with E-state index in [4.69, 9.17) is 4.74 Å². The number of ether oxygens (including phenoxy) is 1. The maximum Gasteiger partial charge on any atom is 0.340 e. The zero-order valence-electron chi connectivity index (χ0n) is 14.5. The van der Waals surface area contributed by atoms with Gasteiger partial charge in [-0.2, -0.15) is 0 Å². The van der Waals surface area contributed by atoms with Crippen LogP contribution in [-0.2, 0) is 4.74 Å². The summed E-state index contributed by atoms with van der Waals surface area (Å²) in [5.74, 6) is -0.0288. The number of carbonyl (C=O) groups is 2. The number of rotatable bonds is 6. The summed E-state index contributed by atoms with van der Waals surface area (Å²) in [4.78, 5) is 28.0. The van der Waals surface area contributed by atoms with Crippen molar-refractivity contribution in [2.45, 2.75) is 6.92 Å². The molecular weight excluding hydrogens is 346 g/mol. The Hall–Kier alpha value is -3.81. The van der Waals surface area contributed by atoms with Crippen LogP contribution in [0.1, 0.15) is 27.6 Å². The second kappa shape index (κ2) is 8.52. The summed E-state index contributed by atoms with van der Waals surface area (Å²) < 4.78 is 5.04. The van der Waals surface area contributed by atoms with E-state index in [9.17, 15) is 9.59 Å². The smallest absolute Gasteiger partial charge is 0.340 e. The number of nitrogens with one attached hydrogen (secondary N) is 2. The van der Waals surface area contributed by atoms with E-state index >= 15 is 0 Å². The van der Waals surface area contributed by atoms with Crippen molar-refractivity contribution >= 4 is 29.2 Å². The first-order valence-electron chi connectivity index (χ1n) is 8.25. The summed E-state index contributed by atoms with van der Waals surface area (Å²) in [7, 11) is 0. The molecule has 0 aliphatic rings. The van der Waals surface area contributed by atoms with Crippen LogP contribution < -0.4 is 10.6 Å². The van der Waals surface area contributed by atoms with Gasteiger partial charge in [0.05, 0.1) is 23.4 Å². The molecule has 8 nitrogen and oxygen atoms in total. The number of anilines is 3. The molecule has 0 radical (unpaired) electrons. The van der Waals surface area contributed by atoms with Crippen LogP contribution in [0.3, 0.4) is 0 Å². The number of hydrogen-bond donors (Lipinski definition) is 2. The fraction of sp³-hybridized carbons (Fsp3) is 0.105. The van der Waals surface area contributed by atoms with Gasteiger partial charge in [-0.3, -0.25) is 9.78 Å². The Labute approximate surface area is 155 Å². The van der Waals surface area contributed by atoms with Crippen molar-refractivity contribution < 1.29 is 14.3 Å². The molecule has 3 rings (SSSR count). The monoisotopic (exact) mass is 363 g/mol. The van der Waals surface area contributed by atoms with Gasteiger partial charge >= 0.3 is 5.97 Å². The van der Waals surface area contributed by atoms with Gasteiger partial charge in [0.25, 0.3) is 5.91 Å². The van der Waals surface area contributed by atoms with Crippen molar-refractivity contribution in [3.8, 4) is 0 Å². The molecule has 0 saturated carbocycles. The molecule has 2 aromatic heterocycles. The molecule has 8 heteroatoms. The molecule has 0 bridgehead atoms. The van der Waals surface area contributed by atoms with E-state index in [1.165, 1.54) is 6.20 Å². The summed E-state index contributed by atoms with van der Waals surface area (Å²) in [6.45, 7) is 2.04. The van der Waals surface area contributed by atoms with Gasteiger partial charge in [0.15, 0.2) is 11.6 Å². The summed E-state index contributed by atoms with van der Waals surface area (Å²) in [6.07, 6.45) is 3.05. The quantitative estimate of drug-likeness (QED) is 0.648. The molecule has 0 fully saturated rings. The highest BCUT2D eigenvalue weighted by Crippen LogP contribution is 2.20. The summed E-state index contributed by atoms with van der Waals surface area (Å²) in [6, 6.07) is 13.5. The highest BCUT2D eigenvalue weighted by molar-refractivity contribution is 6.03. The van der Waals surface area contributed by atoms with E-state index in [2.05, 4.69) is 25.8 Å². The minimum Gasteiger partial charge on any atom is -0.462 e. The molecule has 3 aromatic rings. The maximum absolute atomic E-state index is 12.1. The number of hydrogen-bond acceptors (Lipinski definition) is 7. The predicted molar refractivity (Wildman–Crippen MR) is 99.9 cm³/mol. The van der Waals surface area contributed by atoms with Gasteiger partial charge in [0, 0.05) is 12.4 Å². The third kappa shape index (κ3) is 4.63. The van der Waals surface area contributed by atoms with Gasteiger partial charge < -0.3 is 15.4 Å². The predicted octanol–water partition coefficient (Wildman–Crippen LogP) is 3.04. The lowest BCUT2D eigenvalue weighted by molar-refractivity contribution is 0.0527. The first-order chi connectivity index (χ1) is 13.2. The van der Waals surface area contributed by atoms with E-state index < -0.39 is 5.97 Å². The Morgan fingerprint density at radius 1 is 1.00 bits per heavy atom. The summed E-state index contributed by atoms with van der Waals surface area (Å²) in [5, 5.41) is 13.7. The van der Waals surface area contributed by atoms with Gasteiger partial charge in [-0.15, -0.1) is 10.2 Å². The third-order valence-electron chi connectivity index (χ3n) is 3.52. The van der Waals surface area contributed by atoms with Crippen LogP contribution in [0.2, 0.25) is 0 Å². The van der Waals surface area contributed by atoms with Crippen molar-refractivity contribution in [3.05, 3.63) is 72.1 Å². The minimum atomic E-state index is -0.422. The van der Waals surface area contributed by atoms with E-state index in [-0.39, 0.29) is 12.5 Å². The van der Waals surface area contributed by atoms with E-state index in [1.807, 2.05) is 0 Å². The average molecular weight is 363 g/mol. The summed E-state index contributed by atoms with van der Waals surface area (Å²) in [5.41, 5.74) is 1.37. The fourth-order valence-corrected chi connectivity index (χ4v) is 2.27. The van der Waals surface area contributed by atoms with E-state index in [0.29, 0.717) is 28.5 Å². The highest BCUT2D eigenvalue weighted by Gasteiger charge is 2.13. The normalized spacial score (nSPS) is 10.1. The summed E-state index contributed by atoms with van der Waals surface area (Å²) >= 11 is 0. The number of esters is 1. The Morgan fingerprint density at radius 3 is 2.48 bits per heavy atom. The van der Waals surface area contributed by atoms with Gasteiger partial charge in [-0.05, 0) is 43.3 Å². The van der Waals surface area contributed by atoms with Crippen LogP contribution in [0.4, 0.5) is 17.3 Å². The second-order valence-corrected chi connectivity index (χ2v) is 5.39. The highest BCUT2D eigenvalue weighted by atomic mass is 16.5. The molecule has 2 heterocycles. The first-order valence-corrected chi connectivity index (χ1v) is 8.25. The average Bonchev–Trinajstić information content (AvgIpc) is 2.70. The molecule has 0 aliphatic carbocycles. The van der Waals surface area contributed by atoms with Crippen molar-refractivity contribution in [2.75, 3.05) is 17.2 Å². The van der Waals surface area contributed by atoms with E-state index in [0.717, 1.165) is 0 Å². The van der Waals surface area contributed by atoms with Crippen molar-refractivity contribution in [2.24, 2.45) is 0 Å². The SMILES string of the molecule is CCOC(=O)c1ccccc1Nc1ccc(NC(=O)c2cccnc2)nn1. The van der Waals surface area contributed by atoms with Crippen molar-refractivity contribution in [1.29, 1.82) is 0 Å². The molecule has 0 saturated heterocycles. The van der Waals surface area contributed by atoms with Crippen molar-refractivity contribution in [1.82, 2.24) is 15.2 Å². The molecule has 136 valence electrons. The Morgan fingerprint density at radius 2 is 1.78 bits per heavy atom. The largest absolute Gasteiger partial charge is 0.462 e. The zero-order valence-corrected chi connectivity index (χ0v) is 14.5. The molecule has 0 unspecified atom stereocenters. The second-order valence-electron chi connectivity index (χ2n) is 5.39. The van der Waals surface area contributed by atoms with Gasteiger partial charge in [-0.25, -0.2) is 4.79 Å². The molecule has 0 atom stereocenters. The lowest BCUT2D eigenvalue weighted by Gasteiger charge is -2.10. The molecule has 0 aliphatic heterocycles. The molecule has 27 heavy (non-hydrogen) atoms. The third-order valence-corrected chi connectivity index (χ3v) is 3.52. The lowest BCUT2D eigenvalue weighted by atomic mass is 10.2. The fourth-order valence-electron chi connectivity index (χ4n) is 2.27. The van der Waals surface area contributed by atoms with Crippen LogP contribution in [0.5, 0.6) is 0 Å². The zero-order chi connectivity index (χ0) is 19.1. The maximum atomic E-state index is 12.1. The topological polar surface area (TPSA) is 106 Å². The Kier molecular flexibility index (Phi) is 5.68. The number of para-hydroxylation sites is 1. The van der Waals surface area contributed by atoms with Crippen LogP contribution in [0, 0.1) is 0 Å². The van der Waals surface area contributed by atoms with Crippen LogP contribution >= 0.6 is 0 Å². The van der Waals surface area contributed by atoms with Crippen LogP contribution in [0.15, 0.2) is 60.9 Å². The molecule has 2 N–H and O–H groups in total. The van der Waals surface area contributed by atoms with E-state index in [1.54, 1.807) is 61.7 Å². The number of benzene rings is 1. The van der Waals surface area contributed by atoms with Crippen LogP contribution in [-0.4, -0.2) is 33.7 Å². The molecule has 0 spiro atoms. The lowest BCUT2D eigenvalue weighted by Crippen LogP contribution is -2.13. The number of nitrogens with zero attached hydrogens (tertiary/aromatic N) is 3. The molecular formula is C19H17N5O3. The number of carbonyl (C=O) groups excluding carboxylic acids is 2. The number of aromatic nitrogens is 3. The standard InChI is InChI=1S/C19H17N5O3/c1-2-27-19(26)14-7-3-4-8-15(14)21-16-9-10-17(24-23-16)22-18(25)13-6-5-11-20-12-13/h3-12H,2H2,1H3,(H,21,23)(H,22,24,25). The van der Waals surface area contributed by atoms with Gasteiger partial charge in [0.1, 0.15) is 0 Å². The minimum absolute atomic E-state index is 0.290. The van der Waals surface area contributed by atoms with Gasteiger partial charge in [-0.1, -0.05) is 12.1 Å². The number of amides is 1. The van der Waals surface area contributed by atoms with Gasteiger partial charge in [0.2, 0.25) is 0 Å². The molecule has 1 amide bonds. The first kappa shape index (κ1) is 18.0. The van der Waals surface area contributed by atoms with Crippen molar-refractivity contribution in [3.63, 3.8) is 0 Å².